The molecule has 2 aromatic heterocycles. The van der Waals surface area contributed by atoms with Gasteiger partial charge in [0.2, 0.25) is 0 Å². The van der Waals surface area contributed by atoms with E-state index < -0.39 is 0 Å². The Labute approximate surface area is 130 Å². The van der Waals surface area contributed by atoms with Crippen molar-refractivity contribution in [1.82, 2.24) is 9.38 Å². The molecule has 0 radical (unpaired) electrons. The Morgan fingerprint density at radius 3 is 3.00 bits per heavy atom. The van der Waals surface area contributed by atoms with Crippen molar-refractivity contribution in [2.45, 2.75) is 19.6 Å². The molecule has 0 bridgehead atoms. The van der Waals surface area contributed by atoms with Gasteiger partial charge in [0.25, 0.3) is 0 Å². The van der Waals surface area contributed by atoms with Gasteiger partial charge in [0.05, 0.1) is 18.0 Å². The maximum Gasteiger partial charge on any atom is 0.137 e. The zero-order chi connectivity index (χ0) is 13.7. The van der Waals surface area contributed by atoms with Gasteiger partial charge in [0, 0.05) is 9.77 Å². The number of ether oxygens (including phenoxy) is 1. The minimum Gasteiger partial charge on any atom is -0.362 e. The average molecular weight is 376 g/mol. The number of pyridine rings is 1. The molecule has 1 unspecified atom stereocenters. The predicted molar refractivity (Wildman–Crippen MR) is 85.7 cm³/mol. The van der Waals surface area contributed by atoms with Crippen LogP contribution in [0.4, 0.5) is 0 Å². The van der Waals surface area contributed by atoms with Crippen LogP contribution in [0.1, 0.15) is 28.6 Å². The van der Waals surface area contributed by atoms with E-state index in [-0.39, 0.29) is 6.10 Å². The first-order valence-electron chi connectivity index (χ1n) is 6.57. The van der Waals surface area contributed by atoms with E-state index in [1.165, 1.54) is 14.7 Å². The molecule has 3 nitrogen and oxygen atoms in total. The van der Waals surface area contributed by atoms with Crippen LogP contribution in [0.5, 0.6) is 0 Å². The Morgan fingerprint density at radius 1 is 1.25 bits per heavy atom. The van der Waals surface area contributed by atoms with Crippen molar-refractivity contribution in [2.75, 3.05) is 0 Å². The Balaban J connectivity index is 1.95. The number of hydrogen-bond acceptors (Lipinski definition) is 2. The number of halogens is 1. The van der Waals surface area contributed by atoms with Crippen molar-refractivity contribution in [3.63, 3.8) is 0 Å². The van der Waals surface area contributed by atoms with Gasteiger partial charge in [-0.1, -0.05) is 24.3 Å². The maximum atomic E-state index is 6.03. The summed E-state index contributed by atoms with van der Waals surface area (Å²) in [5.74, 6) is 0. The number of aromatic nitrogens is 2. The molecule has 3 heterocycles. The molecule has 4 heteroatoms. The molecule has 100 valence electrons. The number of nitrogens with zero attached hydrogens (tertiary/aromatic N) is 2. The normalized spacial score (nSPS) is 17.6. The third kappa shape index (κ3) is 1.78. The zero-order valence-electron chi connectivity index (χ0n) is 11.0. The number of imidazole rings is 1. The van der Waals surface area contributed by atoms with E-state index in [0.717, 1.165) is 17.0 Å². The van der Waals surface area contributed by atoms with Gasteiger partial charge in [-0.15, -0.1) is 0 Å². The third-order valence-electron chi connectivity index (χ3n) is 3.79. The van der Waals surface area contributed by atoms with Gasteiger partial charge in [-0.3, -0.25) is 4.40 Å². The second-order valence-electron chi connectivity index (χ2n) is 5.05. The first kappa shape index (κ1) is 12.3. The van der Waals surface area contributed by atoms with Crippen LogP contribution in [-0.2, 0) is 11.3 Å². The Hall–Kier alpha value is -1.40. The van der Waals surface area contributed by atoms with Crippen LogP contribution < -0.4 is 0 Å². The van der Waals surface area contributed by atoms with Crippen molar-refractivity contribution in [3.8, 4) is 0 Å². The minimum absolute atomic E-state index is 0.0144. The van der Waals surface area contributed by atoms with Crippen LogP contribution in [0.3, 0.4) is 0 Å². The highest BCUT2D eigenvalue weighted by molar-refractivity contribution is 14.1. The van der Waals surface area contributed by atoms with Gasteiger partial charge in [0.15, 0.2) is 0 Å². The molecule has 0 aliphatic carbocycles. The molecule has 1 aliphatic rings. The summed E-state index contributed by atoms with van der Waals surface area (Å²) < 4.78 is 9.38. The molecule has 3 aromatic rings. The fraction of sp³-hybridized carbons (Fsp3) is 0.188. The number of hydrogen-bond donors (Lipinski definition) is 0. The lowest BCUT2D eigenvalue weighted by atomic mass is 10.0. The molecule has 0 spiro atoms. The lowest BCUT2D eigenvalue weighted by molar-refractivity contribution is 0.0900. The Morgan fingerprint density at radius 2 is 2.10 bits per heavy atom. The smallest absolute Gasteiger partial charge is 0.137 e. The monoisotopic (exact) mass is 376 g/mol. The summed E-state index contributed by atoms with van der Waals surface area (Å²) in [5, 5.41) is 0. The number of rotatable bonds is 1. The summed E-state index contributed by atoms with van der Waals surface area (Å²) in [7, 11) is 0. The fourth-order valence-electron chi connectivity index (χ4n) is 2.88. The Kier molecular flexibility index (Phi) is 2.82. The summed E-state index contributed by atoms with van der Waals surface area (Å²) in [4.78, 5) is 4.65. The van der Waals surface area contributed by atoms with Gasteiger partial charge in [-0.25, -0.2) is 4.98 Å². The van der Waals surface area contributed by atoms with Gasteiger partial charge < -0.3 is 4.74 Å². The quantitative estimate of drug-likeness (QED) is 0.603. The van der Waals surface area contributed by atoms with Gasteiger partial charge >= 0.3 is 0 Å². The minimum atomic E-state index is -0.0144. The van der Waals surface area contributed by atoms with Crippen molar-refractivity contribution >= 4 is 28.2 Å². The van der Waals surface area contributed by atoms with E-state index in [9.17, 15) is 0 Å². The zero-order valence-corrected chi connectivity index (χ0v) is 13.2. The van der Waals surface area contributed by atoms with Crippen molar-refractivity contribution in [3.05, 3.63) is 68.7 Å². The van der Waals surface area contributed by atoms with E-state index in [1.54, 1.807) is 0 Å². The molecule has 1 aromatic carbocycles. The molecule has 20 heavy (non-hydrogen) atoms. The first-order valence-corrected chi connectivity index (χ1v) is 7.65. The molecule has 0 fully saturated rings. The Bertz CT molecular complexity index is 809. The molecule has 1 aliphatic heterocycles. The summed E-state index contributed by atoms with van der Waals surface area (Å²) >= 11 is 2.33. The first-order chi connectivity index (χ1) is 9.74. The van der Waals surface area contributed by atoms with Crippen molar-refractivity contribution in [1.29, 1.82) is 0 Å². The van der Waals surface area contributed by atoms with Crippen LogP contribution in [-0.4, -0.2) is 9.38 Å². The van der Waals surface area contributed by atoms with Gasteiger partial charge in [0.1, 0.15) is 11.8 Å². The molecule has 1 atom stereocenters. The van der Waals surface area contributed by atoms with Crippen LogP contribution >= 0.6 is 22.6 Å². The second kappa shape index (κ2) is 4.56. The fourth-order valence-corrected chi connectivity index (χ4v) is 3.34. The average Bonchev–Trinajstić information content (AvgIpc) is 2.99. The molecule has 4 rings (SSSR count). The summed E-state index contributed by atoms with van der Waals surface area (Å²) in [6.45, 7) is 2.73. The highest BCUT2D eigenvalue weighted by Gasteiger charge is 2.28. The topological polar surface area (TPSA) is 26.5 Å². The van der Waals surface area contributed by atoms with Crippen molar-refractivity contribution in [2.24, 2.45) is 0 Å². The van der Waals surface area contributed by atoms with Crippen LogP contribution in [0.2, 0.25) is 0 Å². The highest BCUT2D eigenvalue weighted by Crippen LogP contribution is 2.37. The SMILES string of the molecule is Cc1nc2ccc(I)cn2c1C1OCc2ccccc21. The van der Waals surface area contributed by atoms with E-state index in [1.807, 2.05) is 0 Å². The number of fused-ring (bicyclic) bond motifs is 2. The van der Waals surface area contributed by atoms with E-state index >= 15 is 0 Å². The van der Waals surface area contributed by atoms with E-state index in [0.29, 0.717) is 6.61 Å². The molecule has 0 N–H and O–H groups in total. The summed E-state index contributed by atoms with van der Waals surface area (Å²) in [6, 6.07) is 12.6. The van der Waals surface area contributed by atoms with Crippen LogP contribution in [0.15, 0.2) is 42.6 Å². The van der Waals surface area contributed by atoms with Gasteiger partial charge in [-0.05, 0) is 52.8 Å². The van der Waals surface area contributed by atoms with E-state index in [4.69, 9.17) is 4.74 Å². The standard InChI is InChI=1S/C16H13IN2O/c1-10-15(19-8-12(17)6-7-14(19)18-10)16-13-5-3-2-4-11(13)9-20-16/h2-8,16H,9H2,1H3. The number of aryl methyl sites for hydroxylation is 1. The predicted octanol–water partition coefficient (Wildman–Crippen LogP) is 3.87. The molecule has 0 saturated carbocycles. The van der Waals surface area contributed by atoms with E-state index in [2.05, 4.69) is 81.5 Å². The second-order valence-corrected chi connectivity index (χ2v) is 6.29. The lowest BCUT2D eigenvalue weighted by Crippen LogP contribution is -2.04. The molecule has 0 saturated heterocycles. The number of benzene rings is 1. The highest BCUT2D eigenvalue weighted by atomic mass is 127. The summed E-state index contributed by atoms with van der Waals surface area (Å²) in [5.41, 5.74) is 5.69. The third-order valence-corrected chi connectivity index (χ3v) is 4.43. The molecular weight excluding hydrogens is 363 g/mol. The largest absolute Gasteiger partial charge is 0.362 e. The van der Waals surface area contributed by atoms with Crippen molar-refractivity contribution < 1.29 is 4.74 Å². The van der Waals surface area contributed by atoms with Gasteiger partial charge in [-0.2, -0.15) is 0 Å². The summed E-state index contributed by atoms with van der Waals surface area (Å²) in [6.07, 6.45) is 2.11. The van der Waals surface area contributed by atoms with Crippen LogP contribution in [0, 0.1) is 10.5 Å². The molecule has 0 amide bonds. The maximum absolute atomic E-state index is 6.03. The van der Waals surface area contributed by atoms with Crippen LogP contribution in [0.25, 0.3) is 5.65 Å². The lowest BCUT2D eigenvalue weighted by Gasteiger charge is -2.12. The molecular formula is C16H13IN2O.